The minimum Gasteiger partial charge on any atom is -0.323 e. The van der Waals surface area contributed by atoms with Crippen LogP contribution in [0.1, 0.15) is 6.42 Å². The van der Waals surface area contributed by atoms with Crippen molar-refractivity contribution >= 4 is 34.8 Å². The Morgan fingerprint density at radius 2 is 1.87 bits per heavy atom. The van der Waals surface area contributed by atoms with Crippen molar-refractivity contribution in [3.05, 3.63) is 59.4 Å². The Morgan fingerprint density at radius 3 is 2.57 bits per heavy atom. The molecule has 1 saturated heterocycles. The lowest BCUT2D eigenvalue weighted by Gasteiger charge is -2.17. The molecule has 0 spiro atoms. The molecular formula is C17H14ClFN2O2. The molecule has 0 radical (unpaired) electrons. The molecular weight excluding hydrogens is 319 g/mol. The topological polar surface area (TPSA) is 49.4 Å². The lowest BCUT2D eigenvalue weighted by atomic mass is 10.1. The molecule has 2 aromatic carbocycles. The minimum absolute atomic E-state index is 0.0789. The van der Waals surface area contributed by atoms with Gasteiger partial charge in [0.1, 0.15) is 11.7 Å². The lowest BCUT2D eigenvalue weighted by Crippen LogP contribution is -2.33. The zero-order chi connectivity index (χ0) is 16.4. The molecule has 1 aliphatic rings. The van der Waals surface area contributed by atoms with Crippen LogP contribution in [0.4, 0.5) is 15.8 Å². The first-order valence-electron chi connectivity index (χ1n) is 7.18. The first kappa shape index (κ1) is 15.5. The average molecular weight is 333 g/mol. The fourth-order valence-electron chi connectivity index (χ4n) is 2.58. The number of hydrogen-bond donors (Lipinski definition) is 1. The maximum atomic E-state index is 13.6. The highest BCUT2D eigenvalue weighted by Gasteiger charge is 2.37. The van der Waals surface area contributed by atoms with Crippen LogP contribution < -0.4 is 10.2 Å². The summed E-state index contributed by atoms with van der Waals surface area (Å²) in [6.07, 6.45) is 0.391. The Balaban J connectivity index is 1.72. The van der Waals surface area contributed by atoms with E-state index in [9.17, 15) is 14.0 Å². The van der Waals surface area contributed by atoms with Gasteiger partial charge in [-0.15, -0.1) is 0 Å². The first-order chi connectivity index (χ1) is 11.1. The van der Waals surface area contributed by atoms with E-state index in [-0.39, 0.29) is 11.6 Å². The number of amides is 2. The van der Waals surface area contributed by atoms with Crippen LogP contribution >= 0.6 is 11.6 Å². The molecule has 1 heterocycles. The number of carbonyl (C=O) groups excluding carboxylic acids is 2. The molecule has 118 valence electrons. The summed E-state index contributed by atoms with van der Waals surface area (Å²) >= 11 is 5.84. The van der Waals surface area contributed by atoms with Crippen molar-refractivity contribution in [1.82, 2.24) is 0 Å². The van der Waals surface area contributed by atoms with Crippen molar-refractivity contribution in [2.24, 2.45) is 5.92 Å². The maximum absolute atomic E-state index is 13.6. The van der Waals surface area contributed by atoms with Gasteiger partial charge in [-0.1, -0.05) is 23.7 Å². The summed E-state index contributed by atoms with van der Waals surface area (Å²) in [7, 11) is 0. The molecule has 0 aromatic heterocycles. The molecule has 1 atom stereocenters. The van der Waals surface area contributed by atoms with Crippen molar-refractivity contribution in [1.29, 1.82) is 0 Å². The van der Waals surface area contributed by atoms with Crippen LogP contribution in [0.5, 0.6) is 0 Å². The van der Waals surface area contributed by atoms with Gasteiger partial charge in [0, 0.05) is 17.3 Å². The Hall–Kier alpha value is -2.40. The molecule has 1 fully saturated rings. The van der Waals surface area contributed by atoms with Gasteiger partial charge in [0.25, 0.3) is 0 Å². The number of para-hydroxylation sites is 1. The predicted molar refractivity (Wildman–Crippen MR) is 86.9 cm³/mol. The molecule has 6 heteroatoms. The second kappa shape index (κ2) is 6.38. The van der Waals surface area contributed by atoms with Crippen molar-refractivity contribution < 1.29 is 14.0 Å². The summed E-state index contributed by atoms with van der Waals surface area (Å²) < 4.78 is 13.6. The third-order valence-electron chi connectivity index (χ3n) is 3.79. The highest BCUT2D eigenvalue weighted by Crippen LogP contribution is 2.27. The van der Waals surface area contributed by atoms with Crippen LogP contribution in [0.2, 0.25) is 5.02 Å². The van der Waals surface area contributed by atoms with Gasteiger partial charge < -0.3 is 10.2 Å². The highest BCUT2D eigenvalue weighted by atomic mass is 35.5. The maximum Gasteiger partial charge on any atom is 0.239 e. The van der Waals surface area contributed by atoms with Crippen LogP contribution in [0.15, 0.2) is 48.5 Å². The quantitative estimate of drug-likeness (QED) is 0.875. The summed E-state index contributed by atoms with van der Waals surface area (Å²) in [5.74, 6) is -2.12. The van der Waals surface area contributed by atoms with Crippen LogP contribution in [0, 0.1) is 11.7 Å². The summed E-state index contributed by atoms with van der Waals surface area (Å²) in [6, 6.07) is 12.7. The van der Waals surface area contributed by atoms with E-state index in [4.69, 9.17) is 11.6 Å². The van der Waals surface area contributed by atoms with Crippen LogP contribution in [-0.2, 0) is 9.59 Å². The number of nitrogens with zero attached hydrogens (tertiary/aromatic N) is 1. The lowest BCUT2D eigenvalue weighted by molar-refractivity contribution is -0.129. The molecule has 23 heavy (non-hydrogen) atoms. The monoisotopic (exact) mass is 332 g/mol. The molecule has 0 bridgehead atoms. The Morgan fingerprint density at radius 1 is 1.17 bits per heavy atom. The van der Waals surface area contributed by atoms with Gasteiger partial charge in [0.2, 0.25) is 11.8 Å². The molecule has 1 N–H and O–H groups in total. The number of rotatable bonds is 3. The number of hydrogen-bond acceptors (Lipinski definition) is 2. The summed E-state index contributed by atoms with van der Waals surface area (Å²) in [6.45, 7) is 0.440. The zero-order valence-corrected chi connectivity index (χ0v) is 12.9. The number of carbonyl (C=O) groups is 2. The average Bonchev–Trinajstić information content (AvgIpc) is 2.92. The van der Waals surface area contributed by atoms with Crippen molar-refractivity contribution in [3.8, 4) is 0 Å². The van der Waals surface area contributed by atoms with E-state index in [1.165, 1.54) is 18.2 Å². The molecule has 2 amide bonds. The van der Waals surface area contributed by atoms with Gasteiger partial charge in [0.15, 0.2) is 0 Å². The molecule has 0 saturated carbocycles. The standard InChI is InChI=1S/C17H14ClFN2O2/c18-11-5-7-12(8-6-11)21-10-9-13(17(21)23)16(22)20-15-4-2-1-3-14(15)19/h1-8,13H,9-10H2,(H,20,22). The van der Waals surface area contributed by atoms with Crippen LogP contribution in [0.3, 0.4) is 0 Å². The van der Waals surface area contributed by atoms with Crippen molar-refractivity contribution in [3.63, 3.8) is 0 Å². The third kappa shape index (κ3) is 3.19. The fourth-order valence-corrected chi connectivity index (χ4v) is 2.71. The number of anilines is 2. The molecule has 1 aliphatic heterocycles. The van der Waals surface area contributed by atoms with E-state index in [1.807, 2.05) is 0 Å². The molecule has 4 nitrogen and oxygen atoms in total. The largest absolute Gasteiger partial charge is 0.323 e. The second-order valence-corrected chi connectivity index (χ2v) is 5.71. The van der Waals surface area contributed by atoms with E-state index < -0.39 is 17.6 Å². The minimum atomic E-state index is -0.815. The Labute approximate surface area is 137 Å². The van der Waals surface area contributed by atoms with Crippen LogP contribution in [0.25, 0.3) is 0 Å². The van der Waals surface area contributed by atoms with Crippen molar-refractivity contribution in [2.45, 2.75) is 6.42 Å². The molecule has 3 rings (SSSR count). The van der Waals surface area contributed by atoms with E-state index in [0.717, 1.165) is 0 Å². The van der Waals surface area contributed by atoms with Crippen LogP contribution in [-0.4, -0.2) is 18.4 Å². The van der Waals surface area contributed by atoms with Gasteiger partial charge >= 0.3 is 0 Å². The van der Waals surface area contributed by atoms with E-state index in [2.05, 4.69) is 5.32 Å². The van der Waals surface area contributed by atoms with Crippen molar-refractivity contribution in [2.75, 3.05) is 16.8 Å². The second-order valence-electron chi connectivity index (χ2n) is 5.28. The zero-order valence-electron chi connectivity index (χ0n) is 12.1. The van der Waals surface area contributed by atoms with Gasteiger partial charge in [0.05, 0.1) is 5.69 Å². The third-order valence-corrected chi connectivity index (χ3v) is 4.04. The normalized spacial score (nSPS) is 17.4. The predicted octanol–water partition coefficient (Wildman–Crippen LogP) is 3.47. The Kier molecular flexibility index (Phi) is 4.30. The summed E-state index contributed by atoms with van der Waals surface area (Å²) in [5.41, 5.74) is 0.774. The first-order valence-corrected chi connectivity index (χ1v) is 7.56. The summed E-state index contributed by atoms with van der Waals surface area (Å²) in [5, 5.41) is 3.06. The summed E-state index contributed by atoms with van der Waals surface area (Å²) in [4.78, 5) is 26.3. The fraction of sp³-hybridized carbons (Fsp3) is 0.176. The molecule has 1 unspecified atom stereocenters. The number of benzene rings is 2. The van der Waals surface area contributed by atoms with E-state index in [0.29, 0.717) is 23.7 Å². The van der Waals surface area contributed by atoms with Gasteiger partial charge in [-0.3, -0.25) is 9.59 Å². The van der Waals surface area contributed by atoms with Gasteiger partial charge in [-0.05, 0) is 42.8 Å². The highest BCUT2D eigenvalue weighted by molar-refractivity contribution is 6.30. The number of nitrogens with one attached hydrogen (secondary N) is 1. The van der Waals surface area contributed by atoms with E-state index >= 15 is 0 Å². The Bertz CT molecular complexity index is 749. The van der Waals surface area contributed by atoms with Gasteiger partial charge in [-0.25, -0.2) is 4.39 Å². The molecule has 2 aromatic rings. The number of halogens is 2. The smallest absolute Gasteiger partial charge is 0.239 e. The molecule has 0 aliphatic carbocycles. The van der Waals surface area contributed by atoms with E-state index in [1.54, 1.807) is 35.2 Å². The SMILES string of the molecule is O=C(Nc1ccccc1F)C1CCN(c2ccc(Cl)cc2)C1=O. The van der Waals surface area contributed by atoms with Gasteiger partial charge in [-0.2, -0.15) is 0 Å².